The molecule has 0 bridgehead atoms. The molecule has 1 aromatic heterocycles. The minimum absolute atomic E-state index is 0.0498. The molecule has 3 aromatic rings. The van der Waals surface area contributed by atoms with E-state index in [1.807, 2.05) is 35.2 Å². The lowest BCUT2D eigenvalue weighted by molar-refractivity contribution is -0.121. The molecule has 2 aromatic carbocycles. The van der Waals surface area contributed by atoms with Crippen molar-refractivity contribution in [1.82, 2.24) is 4.57 Å². The van der Waals surface area contributed by atoms with E-state index in [0.29, 0.717) is 22.7 Å². The van der Waals surface area contributed by atoms with Gasteiger partial charge in [0.2, 0.25) is 5.91 Å². The highest BCUT2D eigenvalue weighted by atomic mass is 35.5. The van der Waals surface area contributed by atoms with Crippen molar-refractivity contribution in [3.8, 4) is 0 Å². The van der Waals surface area contributed by atoms with Crippen molar-refractivity contribution in [3.63, 3.8) is 0 Å². The number of benzene rings is 2. The van der Waals surface area contributed by atoms with Crippen LogP contribution < -0.4 is 4.90 Å². The maximum Gasteiger partial charge on any atom is 0.264 e. The molecule has 1 fully saturated rings. The quantitative estimate of drug-likeness (QED) is 0.578. The third-order valence-corrected chi connectivity index (χ3v) is 5.93. The first-order chi connectivity index (χ1) is 12.5. The fourth-order valence-corrected chi connectivity index (χ4v) is 4.66. The molecule has 26 heavy (non-hydrogen) atoms. The van der Waals surface area contributed by atoms with Crippen LogP contribution in [0.25, 0.3) is 10.9 Å². The van der Waals surface area contributed by atoms with Crippen molar-refractivity contribution < 1.29 is 9.59 Å². The molecular weight excluding hydrogens is 348 g/mol. The average Bonchev–Trinajstić information content (AvgIpc) is 2.99. The van der Waals surface area contributed by atoms with Crippen molar-refractivity contribution in [2.45, 2.75) is 31.7 Å². The van der Waals surface area contributed by atoms with E-state index < -0.39 is 5.54 Å². The summed E-state index contributed by atoms with van der Waals surface area (Å²) in [5.74, 6) is -0.0871. The smallest absolute Gasteiger partial charge is 0.264 e. The van der Waals surface area contributed by atoms with Crippen LogP contribution >= 0.6 is 11.6 Å². The van der Waals surface area contributed by atoms with Crippen molar-refractivity contribution in [3.05, 3.63) is 64.8 Å². The van der Waals surface area contributed by atoms with Crippen LogP contribution in [0.2, 0.25) is 5.02 Å². The normalized spacial score (nSPS) is 22.0. The number of para-hydroxylation sites is 1. The summed E-state index contributed by atoms with van der Waals surface area (Å²) in [4.78, 5) is 28.3. The number of carbonyl (C=O) groups excluding carboxylic acids is 2. The van der Waals surface area contributed by atoms with Crippen LogP contribution in [0.4, 0.5) is 5.69 Å². The van der Waals surface area contributed by atoms with Crippen molar-refractivity contribution in [2.24, 2.45) is 0 Å². The summed E-state index contributed by atoms with van der Waals surface area (Å²) >= 11 is 6.20. The molecular formula is C21H17ClN2O2. The fourth-order valence-electron chi connectivity index (χ4n) is 4.49. The number of nitrogens with zero attached hydrogens (tertiary/aromatic N) is 2. The second-order valence-electron chi connectivity index (χ2n) is 7.25. The Bertz CT molecular complexity index is 1100. The van der Waals surface area contributed by atoms with Gasteiger partial charge in [-0.25, -0.2) is 0 Å². The Labute approximate surface area is 156 Å². The average molecular weight is 365 g/mol. The molecule has 2 aliphatic heterocycles. The van der Waals surface area contributed by atoms with Gasteiger partial charge in [0.15, 0.2) is 0 Å². The lowest BCUT2D eigenvalue weighted by atomic mass is 9.84. The van der Waals surface area contributed by atoms with Gasteiger partial charge in [-0.05, 0) is 50.1 Å². The second-order valence-corrected chi connectivity index (χ2v) is 7.68. The van der Waals surface area contributed by atoms with Gasteiger partial charge in [-0.15, -0.1) is 0 Å². The van der Waals surface area contributed by atoms with Gasteiger partial charge in [-0.2, -0.15) is 0 Å². The minimum Gasteiger partial charge on any atom is -0.300 e. The van der Waals surface area contributed by atoms with Gasteiger partial charge in [0, 0.05) is 16.8 Å². The second kappa shape index (κ2) is 5.21. The van der Waals surface area contributed by atoms with E-state index in [-0.39, 0.29) is 11.8 Å². The van der Waals surface area contributed by atoms with E-state index in [9.17, 15) is 9.59 Å². The molecule has 4 nitrogen and oxygen atoms in total. The molecule has 1 unspecified atom stereocenters. The monoisotopic (exact) mass is 364 g/mol. The first-order valence-electron chi connectivity index (χ1n) is 8.79. The van der Waals surface area contributed by atoms with Crippen molar-refractivity contribution in [2.75, 3.05) is 4.90 Å². The molecule has 0 radical (unpaired) electrons. The van der Waals surface area contributed by atoms with Gasteiger partial charge in [-0.1, -0.05) is 29.8 Å². The van der Waals surface area contributed by atoms with Gasteiger partial charge in [0.05, 0.1) is 28.0 Å². The Morgan fingerprint density at radius 3 is 2.73 bits per heavy atom. The Kier molecular flexibility index (Phi) is 3.13. The van der Waals surface area contributed by atoms with Crippen molar-refractivity contribution >= 4 is 40.0 Å². The number of amides is 1. The van der Waals surface area contributed by atoms with Crippen LogP contribution in [0.3, 0.4) is 0 Å². The Morgan fingerprint density at radius 2 is 1.88 bits per heavy atom. The van der Waals surface area contributed by atoms with Gasteiger partial charge < -0.3 is 4.90 Å². The zero-order valence-electron chi connectivity index (χ0n) is 14.3. The molecule has 1 saturated heterocycles. The summed E-state index contributed by atoms with van der Waals surface area (Å²) in [6, 6.07) is 15.1. The number of carbonyl (C=O) groups is 2. The number of hydrogen-bond acceptors (Lipinski definition) is 2. The van der Waals surface area contributed by atoms with E-state index in [4.69, 9.17) is 11.6 Å². The summed E-state index contributed by atoms with van der Waals surface area (Å²) < 4.78 is 1.77. The molecule has 3 heterocycles. The van der Waals surface area contributed by atoms with E-state index in [1.54, 1.807) is 22.8 Å². The summed E-state index contributed by atoms with van der Waals surface area (Å²) in [6.07, 6.45) is 2.11. The lowest BCUT2D eigenvalue weighted by Crippen LogP contribution is -2.51. The topological polar surface area (TPSA) is 42.3 Å². The van der Waals surface area contributed by atoms with Gasteiger partial charge >= 0.3 is 0 Å². The van der Waals surface area contributed by atoms with E-state index >= 15 is 0 Å². The summed E-state index contributed by atoms with van der Waals surface area (Å²) in [7, 11) is 0. The SMILES string of the molecule is CC12CCCC(=O)N1c1ccc(Cl)cc1C(=O)n1c2cc2ccccc21. The molecule has 1 atom stereocenters. The molecule has 5 rings (SSSR count). The van der Waals surface area contributed by atoms with Gasteiger partial charge in [-0.3, -0.25) is 14.2 Å². The highest BCUT2D eigenvalue weighted by Crippen LogP contribution is 2.46. The largest absolute Gasteiger partial charge is 0.300 e. The number of fused-ring (bicyclic) bond motifs is 7. The van der Waals surface area contributed by atoms with E-state index in [0.717, 1.165) is 29.4 Å². The number of piperidine rings is 1. The number of rotatable bonds is 0. The molecule has 0 spiro atoms. The predicted octanol–water partition coefficient (Wildman–Crippen LogP) is 4.73. The summed E-state index contributed by atoms with van der Waals surface area (Å²) in [6.45, 7) is 2.06. The maximum absolute atomic E-state index is 13.5. The number of aromatic nitrogens is 1. The molecule has 130 valence electrons. The van der Waals surface area contributed by atoms with Crippen LogP contribution in [0.15, 0.2) is 48.5 Å². The van der Waals surface area contributed by atoms with Crippen LogP contribution in [0.5, 0.6) is 0 Å². The zero-order valence-corrected chi connectivity index (χ0v) is 15.1. The lowest BCUT2D eigenvalue weighted by Gasteiger charge is -2.44. The fraction of sp³-hybridized carbons (Fsp3) is 0.238. The van der Waals surface area contributed by atoms with E-state index in [2.05, 4.69) is 6.92 Å². The standard InChI is InChI=1S/C21H17ClN2O2/c1-21-10-4-7-19(25)24(21)17-9-8-14(22)12-15(17)20(26)23-16-6-3-2-5-13(16)11-18(21)23/h2-3,5-6,8-9,11-12H,4,7,10H2,1H3. The van der Waals surface area contributed by atoms with Crippen LogP contribution in [0, 0.1) is 0 Å². The first kappa shape index (κ1) is 15.6. The highest BCUT2D eigenvalue weighted by molar-refractivity contribution is 6.31. The number of halogens is 1. The number of anilines is 1. The Hall–Kier alpha value is -2.59. The molecule has 1 amide bonds. The molecule has 5 heteroatoms. The molecule has 0 saturated carbocycles. The van der Waals surface area contributed by atoms with Crippen LogP contribution in [-0.2, 0) is 10.3 Å². The van der Waals surface area contributed by atoms with Crippen LogP contribution in [-0.4, -0.2) is 16.4 Å². The maximum atomic E-state index is 13.5. The summed E-state index contributed by atoms with van der Waals surface area (Å²) in [5.41, 5.74) is 2.28. The van der Waals surface area contributed by atoms with Gasteiger partial charge in [0.25, 0.3) is 5.91 Å². The Balaban J connectivity index is 1.94. The number of hydrogen-bond donors (Lipinski definition) is 0. The third-order valence-electron chi connectivity index (χ3n) is 5.69. The minimum atomic E-state index is -0.566. The first-order valence-corrected chi connectivity index (χ1v) is 9.17. The summed E-state index contributed by atoms with van der Waals surface area (Å²) in [5, 5.41) is 1.49. The molecule has 0 N–H and O–H groups in total. The van der Waals surface area contributed by atoms with Gasteiger partial charge in [0.1, 0.15) is 0 Å². The molecule has 2 aliphatic rings. The van der Waals surface area contributed by atoms with Crippen molar-refractivity contribution in [1.29, 1.82) is 0 Å². The predicted molar refractivity (Wildman–Crippen MR) is 102 cm³/mol. The van der Waals surface area contributed by atoms with Crippen LogP contribution in [0.1, 0.15) is 42.2 Å². The molecule has 0 aliphatic carbocycles. The Morgan fingerprint density at radius 1 is 1.08 bits per heavy atom. The van der Waals surface area contributed by atoms with E-state index in [1.165, 1.54) is 0 Å². The highest BCUT2D eigenvalue weighted by Gasteiger charge is 2.47. The zero-order chi connectivity index (χ0) is 18.1. The third kappa shape index (κ3) is 1.91.